The topological polar surface area (TPSA) is 88.2 Å². The summed E-state index contributed by atoms with van der Waals surface area (Å²) >= 11 is 1.54. The van der Waals surface area contributed by atoms with Crippen LogP contribution >= 0.6 is 11.3 Å². The molecule has 3 heterocycles. The molecule has 0 saturated carbocycles. The summed E-state index contributed by atoms with van der Waals surface area (Å²) in [5, 5.41) is 13.9. The number of nitrogens with zero attached hydrogens (tertiary/aromatic N) is 4. The number of hydrogen-bond donors (Lipinski definition) is 2. The summed E-state index contributed by atoms with van der Waals surface area (Å²) in [5.41, 5.74) is 8.34. The molecular formula is C18H19N5OS. The molecule has 6 nitrogen and oxygen atoms in total. The fourth-order valence-electron chi connectivity index (χ4n) is 3.17. The number of aromatic nitrogens is 3. The first kappa shape index (κ1) is 16.0. The van der Waals surface area contributed by atoms with Crippen molar-refractivity contribution in [3.05, 3.63) is 57.7 Å². The highest BCUT2D eigenvalue weighted by atomic mass is 32.1. The number of nitrogen functional groups attached to an aromatic ring is 1. The first-order chi connectivity index (χ1) is 11.9. The lowest BCUT2D eigenvalue weighted by molar-refractivity contribution is 0.0980. The molecule has 0 bridgehead atoms. The van der Waals surface area contributed by atoms with Gasteiger partial charge in [0.2, 0.25) is 5.95 Å². The maximum absolute atomic E-state index is 11.1. The number of hydrogen-bond acceptors (Lipinski definition) is 7. The van der Waals surface area contributed by atoms with Crippen molar-refractivity contribution in [1.82, 2.24) is 15.0 Å². The average molecular weight is 353 g/mol. The molecule has 7 heteroatoms. The fraction of sp³-hybridized carbons (Fsp3) is 0.278. The van der Waals surface area contributed by atoms with Crippen LogP contribution in [0.3, 0.4) is 0 Å². The summed E-state index contributed by atoms with van der Waals surface area (Å²) in [6.07, 6.45) is 2.59. The van der Waals surface area contributed by atoms with E-state index in [1.807, 2.05) is 30.5 Å². The summed E-state index contributed by atoms with van der Waals surface area (Å²) in [5.74, 6) is 1.03. The maximum atomic E-state index is 11.1. The Morgan fingerprint density at radius 1 is 1.28 bits per heavy atom. The van der Waals surface area contributed by atoms with Gasteiger partial charge in [-0.25, -0.2) is 9.97 Å². The first-order valence-electron chi connectivity index (χ1n) is 8.09. The molecule has 0 spiro atoms. The number of anilines is 3. The number of rotatable bonds is 3. The Hall–Kier alpha value is -2.51. The fourth-order valence-corrected chi connectivity index (χ4v) is 3.88. The second kappa shape index (κ2) is 5.79. The van der Waals surface area contributed by atoms with Gasteiger partial charge >= 0.3 is 0 Å². The van der Waals surface area contributed by atoms with E-state index in [4.69, 9.17) is 5.73 Å². The van der Waals surface area contributed by atoms with Crippen LogP contribution in [0.1, 0.15) is 28.8 Å². The molecule has 1 aromatic carbocycles. The van der Waals surface area contributed by atoms with E-state index in [2.05, 4.69) is 25.9 Å². The summed E-state index contributed by atoms with van der Waals surface area (Å²) in [7, 11) is 0. The highest BCUT2D eigenvalue weighted by Crippen LogP contribution is 2.38. The number of thiazole rings is 1. The minimum absolute atomic E-state index is 0.257. The Kier molecular flexibility index (Phi) is 3.70. The van der Waals surface area contributed by atoms with Crippen LogP contribution in [-0.4, -0.2) is 26.6 Å². The van der Waals surface area contributed by atoms with E-state index in [1.165, 1.54) is 16.9 Å². The zero-order valence-electron chi connectivity index (χ0n) is 14.1. The van der Waals surface area contributed by atoms with Crippen LogP contribution in [0.5, 0.6) is 0 Å². The van der Waals surface area contributed by atoms with Gasteiger partial charge in [0.15, 0.2) is 0 Å². The minimum atomic E-state index is -1.14. The van der Waals surface area contributed by atoms with E-state index in [0.29, 0.717) is 5.69 Å². The molecule has 3 aromatic rings. The number of benzene rings is 1. The third kappa shape index (κ3) is 2.75. The third-order valence-corrected chi connectivity index (χ3v) is 5.37. The standard InChI is InChI=1S/C18H19N5OS/c1-11-21-15(10-25-11)18(2,24)13-4-3-12-6-8-23(14(12)9-13)16-5-7-20-17(19)22-16/h3-5,7,9-10,24H,6,8H2,1-2H3,(H2,19,20,22). The van der Waals surface area contributed by atoms with Crippen molar-refractivity contribution in [3.63, 3.8) is 0 Å². The molecule has 0 saturated heterocycles. The Morgan fingerprint density at radius 3 is 2.84 bits per heavy atom. The minimum Gasteiger partial charge on any atom is -0.379 e. The molecule has 0 amide bonds. The predicted molar refractivity (Wildman–Crippen MR) is 99.1 cm³/mol. The van der Waals surface area contributed by atoms with Gasteiger partial charge < -0.3 is 15.7 Å². The Balaban J connectivity index is 1.76. The van der Waals surface area contributed by atoms with Gasteiger partial charge in [0, 0.05) is 23.8 Å². The van der Waals surface area contributed by atoms with Gasteiger partial charge in [-0.15, -0.1) is 11.3 Å². The van der Waals surface area contributed by atoms with Gasteiger partial charge in [-0.2, -0.15) is 4.98 Å². The maximum Gasteiger partial charge on any atom is 0.221 e. The molecule has 3 N–H and O–H groups in total. The van der Waals surface area contributed by atoms with Gasteiger partial charge in [-0.3, -0.25) is 0 Å². The Bertz CT molecular complexity index is 937. The van der Waals surface area contributed by atoms with Crippen LogP contribution in [-0.2, 0) is 12.0 Å². The highest BCUT2D eigenvalue weighted by molar-refractivity contribution is 7.09. The molecule has 0 fully saturated rings. The summed E-state index contributed by atoms with van der Waals surface area (Å²) < 4.78 is 0. The zero-order chi connectivity index (χ0) is 17.6. The Morgan fingerprint density at radius 2 is 2.12 bits per heavy atom. The molecule has 0 aliphatic carbocycles. The highest BCUT2D eigenvalue weighted by Gasteiger charge is 2.31. The molecule has 25 heavy (non-hydrogen) atoms. The number of aliphatic hydroxyl groups is 1. The van der Waals surface area contributed by atoms with E-state index in [-0.39, 0.29) is 5.95 Å². The van der Waals surface area contributed by atoms with E-state index in [0.717, 1.165) is 35.0 Å². The third-order valence-electron chi connectivity index (χ3n) is 4.60. The van der Waals surface area contributed by atoms with E-state index in [1.54, 1.807) is 13.1 Å². The van der Waals surface area contributed by atoms with Crippen molar-refractivity contribution in [1.29, 1.82) is 0 Å². The molecule has 128 valence electrons. The molecule has 4 rings (SSSR count). The second-order valence-corrected chi connectivity index (χ2v) is 7.40. The van der Waals surface area contributed by atoms with Crippen LogP contribution in [0.2, 0.25) is 0 Å². The van der Waals surface area contributed by atoms with Gasteiger partial charge in [0.1, 0.15) is 11.4 Å². The zero-order valence-corrected chi connectivity index (χ0v) is 14.9. The largest absolute Gasteiger partial charge is 0.379 e. The average Bonchev–Trinajstić information content (AvgIpc) is 3.20. The first-order valence-corrected chi connectivity index (χ1v) is 8.97. The van der Waals surface area contributed by atoms with E-state index < -0.39 is 5.60 Å². The number of aryl methyl sites for hydroxylation is 1. The summed E-state index contributed by atoms with van der Waals surface area (Å²) in [4.78, 5) is 14.9. The SMILES string of the molecule is Cc1nc(C(C)(O)c2ccc3c(c2)N(c2ccnc(N)n2)CC3)cs1. The number of nitrogens with two attached hydrogens (primary N) is 1. The van der Waals surface area contributed by atoms with Crippen LogP contribution < -0.4 is 10.6 Å². The van der Waals surface area contributed by atoms with Crippen LogP contribution in [0, 0.1) is 6.92 Å². The van der Waals surface area contributed by atoms with Gasteiger partial charge in [0.25, 0.3) is 0 Å². The lowest BCUT2D eigenvalue weighted by Crippen LogP contribution is -2.24. The smallest absolute Gasteiger partial charge is 0.221 e. The molecule has 1 unspecified atom stereocenters. The second-order valence-electron chi connectivity index (χ2n) is 6.34. The van der Waals surface area contributed by atoms with Gasteiger partial charge in [-0.1, -0.05) is 12.1 Å². The number of fused-ring (bicyclic) bond motifs is 1. The monoisotopic (exact) mass is 353 g/mol. The summed E-state index contributed by atoms with van der Waals surface area (Å²) in [6.45, 7) is 4.55. The van der Waals surface area contributed by atoms with Crippen molar-refractivity contribution < 1.29 is 5.11 Å². The molecular weight excluding hydrogens is 334 g/mol. The molecule has 1 aliphatic heterocycles. The lowest BCUT2D eigenvalue weighted by Gasteiger charge is -2.24. The van der Waals surface area contributed by atoms with Crippen molar-refractivity contribution in [3.8, 4) is 0 Å². The van der Waals surface area contributed by atoms with E-state index in [9.17, 15) is 5.11 Å². The van der Waals surface area contributed by atoms with Crippen molar-refractivity contribution in [2.45, 2.75) is 25.9 Å². The van der Waals surface area contributed by atoms with Gasteiger partial charge in [0.05, 0.1) is 10.7 Å². The van der Waals surface area contributed by atoms with E-state index >= 15 is 0 Å². The van der Waals surface area contributed by atoms with Crippen LogP contribution in [0.25, 0.3) is 0 Å². The van der Waals surface area contributed by atoms with Crippen LogP contribution in [0.4, 0.5) is 17.5 Å². The van der Waals surface area contributed by atoms with Gasteiger partial charge in [-0.05, 0) is 43.5 Å². The predicted octanol–water partition coefficient (Wildman–Crippen LogP) is 2.77. The molecule has 1 aliphatic rings. The Labute approximate surface area is 150 Å². The van der Waals surface area contributed by atoms with Crippen molar-refractivity contribution >= 4 is 28.8 Å². The van der Waals surface area contributed by atoms with Crippen molar-refractivity contribution in [2.75, 3.05) is 17.2 Å². The quantitative estimate of drug-likeness (QED) is 0.753. The van der Waals surface area contributed by atoms with Crippen LogP contribution in [0.15, 0.2) is 35.8 Å². The molecule has 1 atom stereocenters. The normalized spacial score (nSPS) is 15.9. The van der Waals surface area contributed by atoms with Crippen molar-refractivity contribution in [2.24, 2.45) is 0 Å². The molecule has 2 aromatic heterocycles. The summed E-state index contributed by atoms with van der Waals surface area (Å²) in [6, 6.07) is 7.92. The molecule has 0 radical (unpaired) electrons. The lowest BCUT2D eigenvalue weighted by atomic mass is 9.91.